The van der Waals surface area contributed by atoms with Gasteiger partial charge in [-0.1, -0.05) is 25.5 Å². The van der Waals surface area contributed by atoms with Crippen LogP contribution in [0.25, 0.3) is 10.1 Å². The summed E-state index contributed by atoms with van der Waals surface area (Å²) >= 11 is 1.58. The van der Waals surface area contributed by atoms with Gasteiger partial charge in [-0.3, -0.25) is 9.52 Å². The molecular formula is C22H20N2O3S2. The number of benzene rings is 2. The molecule has 0 fully saturated rings. The first-order valence-corrected chi connectivity index (χ1v) is 11.8. The average molecular weight is 425 g/mol. The molecule has 1 unspecified atom stereocenters. The molecule has 0 aliphatic heterocycles. The molecule has 0 radical (unpaired) electrons. The number of anilines is 1. The Hall–Kier alpha value is -2.69. The maximum absolute atomic E-state index is 12.9. The van der Waals surface area contributed by atoms with E-state index >= 15 is 0 Å². The highest BCUT2D eigenvalue weighted by atomic mass is 32.2. The second-order valence-corrected chi connectivity index (χ2v) is 10.1. The Morgan fingerprint density at radius 3 is 2.79 bits per heavy atom. The summed E-state index contributed by atoms with van der Waals surface area (Å²) in [5, 5.41) is 9.83. The van der Waals surface area contributed by atoms with Crippen LogP contribution in [0.4, 0.5) is 5.69 Å². The van der Waals surface area contributed by atoms with Gasteiger partial charge in [-0.05, 0) is 55.5 Å². The molecule has 1 atom stereocenters. The van der Waals surface area contributed by atoms with E-state index in [-0.39, 0.29) is 15.9 Å². The minimum Gasteiger partial charge on any atom is -0.289 e. The SMILES string of the molecule is CCC1CCc2c(sc3cc(NS(=O)(=O)c4ccccc4C#N)ccc3c2=O)C1. The highest BCUT2D eigenvalue weighted by molar-refractivity contribution is 7.92. The quantitative estimate of drug-likeness (QED) is 0.670. The topological polar surface area (TPSA) is 87.0 Å². The van der Waals surface area contributed by atoms with E-state index in [1.807, 2.05) is 6.07 Å². The fraction of sp³-hybridized carbons (Fsp3) is 0.273. The second kappa shape index (κ2) is 7.62. The lowest BCUT2D eigenvalue weighted by atomic mass is 9.87. The van der Waals surface area contributed by atoms with Gasteiger partial charge in [-0.15, -0.1) is 11.3 Å². The smallest absolute Gasteiger partial charge is 0.263 e. The van der Waals surface area contributed by atoms with Crippen molar-refractivity contribution in [1.29, 1.82) is 5.26 Å². The van der Waals surface area contributed by atoms with Crippen molar-refractivity contribution in [2.24, 2.45) is 5.92 Å². The molecule has 7 heteroatoms. The molecule has 4 rings (SSSR count). The van der Waals surface area contributed by atoms with E-state index in [4.69, 9.17) is 0 Å². The fourth-order valence-corrected chi connectivity index (χ4v) is 6.39. The highest BCUT2D eigenvalue weighted by Crippen LogP contribution is 2.33. The van der Waals surface area contributed by atoms with Gasteiger partial charge in [0.1, 0.15) is 11.0 Å². The summed E-state index contributed by atoms with van der Waals surface area (Å²) < 4.78 is 28.9. The standard InChI is InChI=1S/C22H20N2O3S2/c1-2-14-7-9-17-19(11-14)28-20-12-16(8-10-18(20)22(17)25)24-29(26,27)21-6-4-3-5-15(21)13-23/h3-6,8,10,12,14,24H,2,7,9,11H2,1H3. The molecule has 1 heterocycles. The molecule has 0 spiro atoms. The van der Waals surface area contributed by atoms with Crippen molar-refractivity contribution < 1.29 is 8.42 Å². The summed E-state index contributed by atoms with van der Waals surface area (Å²) in [6, 6.07) is 13.0. The van der Waals surface area contributed by atoms with Crippen molar-refractivity contribution in [3.05, 3.63) is 68.7 Å². The van der Waals surface area contributed by atoms with E-state index in [1.54, 1.807) is 41.7 Å². The fourth-order valence-electron chi connectivity index (χ4n) is 3.82. The van der Waals surface area contributed by atoms with Crippen molar-refractivity contribution >= 4 is 37.1 Å². The summed E-state index contributed by atoms with van der Waals surface area (Å²) in [6.07, 6.45) is 3.87. The maximum Gasteiger partial charge on any atom is 0.263 e. The van der Waals surface area contributed by atoms with Crippen LogP contribution >= 0.6 is 11.3 Å². The Morgan fingerprint density at radius 2 is 2.03 bits per heavy atom. The number of fused-ring (bicyclic) bond motifs is 2. The number of nitrogens with zero attached hydrogens (tertiary/aromatic N) is 1. The predicted octanol–water partition coefficient (Wildman–Crippen LogP) is 4.45. The average Bonchev–Trinajstić information content (AvgIpc) is 2.73. The Kier molecular flexibility index (Phi) is 5.15. The first-order valence-electron chi connectivity index (χ1n) is 9.53. The lowest BCUT2D eigenvalue weighted by molar-refractivity contribution is 0.448. The van der Waals surface area contributed by atoms with Gasteiger partial charge in [0, 0.05) is 20.5 Å². The number of hydrogen-bond acceptors (Lipinski definition) is 5. The van der Waals surface area contributed by atoms with Crippen LogP contribution in [0.15, 0.2) is 52.2 Å². The summed E-state index contributed by atoms with van der Waals surface area (Å²) in [5.41, 5.74) is 1.45. The maximum atomic E-state index is 12.9. The van der Waals surface area contributed by atoms with Gasteiger partial charge < -0.3 is 0 Å². The van der Waals surface area contributed by atoms with Crippen LogP contribution in [-0.4, -0.2) is 8.42 Å². The first kappa shape index (κ1) is 19.6. The van der Waals surface area contributed by atoms with Crippen molar-refractivity contribution in [3.63, 3.8) is 0 Å². The minimum absolute atomic E-state index is 0.0625. The number of nitrogens with one attached hydrogen (secondary N) is 1. The third-order valence-electron chi connectivity index (χ3n) is 5.47. The highest BCUT2D eigenvalue weighted by Gasteiger charge is 2.23. The summed E-state index contributed by atoms with van der Waals surface area (Å²) in [5.74, 6) is 0.597. The molecule has 0 saturated heterocycles. The third-order valence-corrected chi connectivity index (χ3v) is 8.13. The zero-order valence-corrected chi connectivity index (χ0v) is 17.6. The van der Waals surface area contributed by atoms with Crippen LogP contribution in [0.2, 0.25) is 0 Å². The van der Waals surface area contributed by atoms with E-state index in [0.29, 0.717) is 17.0 Å². The van der Waals surface area contributed by atoms with Crippen LogP contribution in [-0.2, 0) is 22.9 Å². The van der Waals surface area contributed by atoms with Crippen LogP contribution in [0, 0.1) is 17.2 Å². The lowest BCUT2D eigenvalue weighted by Gasteiger charge is -2.22. The Labute approximate surface area is 173 Å². The molecule has 0 amide bonds. The van der Waals surface area contributed by atoms with Crippen molar-refractivity contribution in [2.45, 2.75) is 37.5 Å². The Balaban J connectivity index is 1.75. The van der Waals surface area contributed by atoms with Gasteiger partial charge in [0.05, 0.1) is 11.3 Å². The first-order chi connectivity index (χ1) is 13.9. The van der Waals surface area contributed by atoms with Gasteiger partial charge in [0.2, 0.25) is 0 Å². The normalized spacial score (nSPS) is 16.2. The second-order valence-electron chi connectivity index (χ2n) is 7.27. The number of nitriles is 1. The number of hydrogen-bond donors (Lipinski definition) is 1. The van der Waals surface area contributed by atoms with Gasteiger partial charge in [-0.2, -0.15) is 5.26 Å². The molecule has 148 valence electrons. The molecule has 1 aliphatic rings. The molecule has 0 bridgehead atoms. The molecule has 2 aromatic carbocycles. The summed E-state index contributed by atoms with van der Waals surface area (Å²) in [6.45, 7) is 2.17. The number of sulfonamides is 1. The lowest BCUT2D eigenvalue weighted by Crippen LogP contribution is -2.20. The van der Waals surface area contributed by atoms with Gasteiger partial charge in [0.25, 0.3) is 10.0 Å². The molecule has 0 saturated carbocycles. The van der Waals surface area contributed by atoms with Gasteiger partial charge in [0.15, 0.2) is 5.43 Å². The van der Waals surface area contributed by atoms with Crippen molar-refractivity contribution in [3.8, 4) is 6.07 Å². The zero-order chi connectivity index (χ0) is 20.6. The Morgan fingerprint density at radius 1 is 1.24 bits per heavy atom. The van der Waals surface area contributed by atoms with Crippen molar-refractivity contribution in [2.75, 3.05) is 4.72 Å². The molecule has 1 N–H and O–H groups in total. The molecular weight excluding hydrogens is 404 g/mol. The Bertz CT molecular complexity index is 1300. The predicted molar refractivity (Wildman–Crippen MR) is 116 cm³/mol. The van der Waals surface area contributed by atoms with Crippen LogP contribution in [0.3, 0.4) is 0 Å². The van der Waals surface area contributed by atoms with E-state index in [2.05, 4.69) is 11.6 Å². The van der Waals surface area contributed by atoms with E-state index in [0.717, 1.165) is 40.8 Å². The van der Waals surface area contributed by atoms with Crippen LogP contribution in [0.1, 0.15) is 35.8 Å². The van der Waals surface area contributed by atoms with Crippen molar-refractivity contribution in [1.82, 2.24) is 0 Å². The van der Waals surface area contributed by atoms with E-state index in [9.17, 15) is 18.5 Å². The van der Waals surface area contributed by atoms with Crippen LogP contribution in [0.5, 0.6) is 0 Å². The van der Waals surface area contributed by atoms with E-state index < -0.39 is 10.0 Å². The summed E-state index contributed by atoms with van der Waals surface area (Å²) in [4.78, 5) is 14.0. The van der Waals surface area contributed by atoms with Gasteiger partial charge in [-0.25, -0.2) is 8.42 Å². The monoisotopic (exact) mass is 424 g/mol. The summed E-state index contributed by atoms with van der Waals surface area (Å²) in [7, 11) is -3.91. The molecule has 3 aromatic rings. The third kappa shape index (κ3) is 3.66. The zero-order valence-electron chi connectivity index (χ0n) is 15.9. The number of rotatable bonds is 4. The molecule has 1 aromatic heterocycles. The van der Waals surface area contributed by atoms with Gasteiger partial charge >= 0.3 is 0 Å². The molecule has 1 aliphatic carbocycles. The van der Waals surface area contributed by atoms with Crippen LogP contribution < -0.4 is 10.2 Å². The largest absolute Gasteiger partial charge is 0.289 e. The molecule has 5 nitrogen and oxygen atoms in total. The minimum atomic E-state index is -3.91. The molecule has 29 heavy (non-hydrogen) atoms. The van der Waals surface area contributed by atoms with E-state index in [1.165, 1.54) is 12.1 Å².